The average molecular weight is 204 g/mol. The van der Waals surface area contributed by atoms with Crippen molar-refractivity contribution in [1.82, 2.24) is 9.38 Å². The summed E-state index contributed by atoms with van der Waals surface area (Å²) in [6.45, 7) is 8.15. The predicted molar refractivity (Wildman–Crippen MR) is 61.6 cm³/mol. The number of hydrogen-bond acceptors (Lipinski definition) is 1. The fourth-order valence-electron chi connectivity index (χ4n) is 2.15. The van der Waals surface area contributed by atoms with Crippen LogP contribution in [-0.2, 0) is 6.42 Å². The monoisotopic (exact) mass is 204 g/mol. The molecule has 0 unspecified atom stereocenters. The van der Waals surface area contributed by atoms with E-state index < -0.39 is 0 Å². The number of rotatable bonds is 1. The number of nitrogens with one attached hydrogen (secondary N) is 1. The van der Waals surface area contributed by atoms with Gasteiger partial charge in [0.25, 0.3) is 5.56 Å². The third-order valence-electron chi connectivity index (χ3n) is 3.07. The summed E-state index contributed by atoms with van der Waals surface area (Å²) in [6.07, 6.45) is 0.948. The molecule has 0 bridgehead atoms. The average Bonchev–Trinajstić information content (AvgIpc) is 2.52. The van der Waals surface area contributed by atoms with Crippen molar-refractivity contribution in [2.45, 2.75) is 34.1 Å². The number of H-pyrrole nitrogens is 1. The molecule has 0 aliphatic rings. The molecular formula is C12H16N2O. The minimum absolute atomic E-state index is 0.000833. The zero-order chi connectivity index (χ0) is 11.2. The van der Waals surface area contributed by atoms with Crippen LogP contribution in [0.3, 0.4) is 0 Å². The molecule has 15 heavy (non-hydrogen) atoms. The molecule has 1 N–H and O–H groups in total. The van der Waals surface area contributed by atoms with Gasteiger partial charge in [0.1, 0.15) is 5.52 Å². The highest BCUT2D eigenvalue weighted by Gasteiger charge is 2.11. The molecule has 0 fully saturated rings. The van der Waals surface area contributed by atoms with E-state index in [1.165, 1.54) is 11.3 Å². The molecule has 0 aliphatic heterocycles. The summed E-state index contributed by atoms with van der Waals surface area (Å²) in [5, 5.41) is 0. The first-order valence-electron chi connectivity index (χ1n) is 5.26. The van der Waals surface area contributed by atoms with Gasteiger partial charge in [-0.25, -0.2) is 0 Å². The van der Waals surface area contributed by atoms with Crippen molar-refractivity contribution in [1.29, 1.82) is 0 Å². The molecule has 3 nitrogen and oxygen atoms in total. The number of nitrogens with zero attached hydrogens (tertiary/aromatic N) is 1. The van der Waals surface area contributed by atoms with E-state index in [1.807, 2.05) is 19.9 Å². The largest absolute Gasteiger partial charge is 0.323 e. The van der Waals surface area contributed by atoms with Crippen LogP contribution in [0.2, 0.25) is 0 Å². The fraction of sp³-hybridized carbons (Fsp3) is 0.417. The van der Waals surface area contributed by atoms with Gasteiger partial charge in [0.05, 0.1) is 0 Å². The smallest absolute Gasteiger partial charge is 0.272 e. The normalized spacial score (nSPS) is 11.2. The van der Waals surface area contributed by atoms with Crippen molar-refractivity contribution in [3.8, 4) is 0 Å². The summed E-state index contributed by atoms with van der Waals surface area (Å²) < 4.78 is 2.07. The Hall–Kier alpha value is -1.51. The lowest BCUT2D eigenvalue weighted by atomic mass is 10.2. The molecule has 0 aliphatic carbocycles. The summed E-state index contributed by atoms with van der Waals surface area (Å²) >= 11 is 0. The maximum Gasteiger partial charge on any atom is 0.272 e. The van der Waals surface area contributed by atoms with E-state index in [0.29, 0.717) is 0 Å². The van der Waals surface area contributed by atoms with Crippen LogP contribution in [0.4, 0.5) is 0 Å². The molecule has 2 heterocycles. The van der Waals surface area contributed by atoms with Crippen molar-refractivity contribution in [3.63, 3.8) is 0 Å². The van der Waals surface area contributed by atoms with E-state index in [4.69, 9.17) is 0 Å². The van der Waals surface area contributed by atoms with Crippen molar-refractivity contribution >= 4 is 5.52 Å². The lowest BCUT2D eigenvalue weighted by Gasteiger charge is -2.08. The molecule has 0 saturated heterocycles. The van der Waals surface area contributed by atoms with E-state index in [9.17, 15) is 4.79 Å². The van der Waals surface area contributed by atoms with Crippen molar-refractivity contribution in [3.05, 3.63) is 39.1 Å². The van der Waals surface area contributed by atoms with Gasteiger partial charge in [0.2, 0.25) is 0 Å². The predicted octanol–water partition coefficient (Wildman–Crippen LogP) is 2.12. The number of aromatic amines is 1. The van der Waals surface area contributed by atoms with Crippen molar-refractivity contribution in [2.75, 3.05) is 0 Å². The second-order valence-corrected chi connectivity index (χ2v) is 4.01. The van der Waals surface area contributed by atoms with E-state index in [-0.39, 0.29) is 5.56 Å². The molecule has 2 aromatic heterocycles. The van der Waals surface area contributed by atoms with Crippen LogP contribution in [0, 0.1) is 20.8 Å². The summed E-state index contributed by atoms with van der Waals surface area (Å²) in [7, 11) is 0. The van der Waals surface area contributed by atoms with Gasteiger partial charge >= 0.3 is 0 Å². The van der Waals surface area contributed by atoms with Crippen molar-refractivity contribution in [2.24, 2.45) is 0 Å². The minimum Gasteiger partial charge on any atom is -0.323 e. The van der Waals surface area contributed by atoms with E-state index in [2.05, 4.69) is 23.2 Å². The van der Waals surface area contributed by atoms with Gasteiger partial charge in [0.15, 0.2) is 0 Å². The Kier molecular flexibility index (Phi) is 2.18. The molecule has 3 heteroatoms. The second kappa shape index (κ2) is 3.26. The Bertz CT molecular complexity index is 575. The number of aryl methyl sites for hydroxylation is 4. The number of aromatic nitrogens is 2. The van der Waals surface area contributed by atoms with E-state index >= 15 is 0 Å². The Labute approximate surface area is 88.8 Å². The van der Waals surface area contributed by atoms with E-state index in [1.54, 1.807) is 0 Å². The van der Waals surface area contributed by atoms with Gasteiger partial charge in [-0.3, -0.25) is 4.79 Å². The first-order chi connectivity index (χ1) is 7.06. The highest BCUT2D eigenvalue weighted by molar-refractivity contribution is 5.53. The third kappa shape index (κ3) is 1.30. The molecule has 0 saturated carbocycles. The maximum atomic E-state index is 11.8. The van der Waals surface area contributed by atoms with Crippen molar-refractivity contribution < 1.29 is 0 Å². The van der Waals surface area contributed by atoms with Gasteiger partial charge in [-0.05, 0) is 38.8 Å². The Morgan fingerprint density at radius 1 is 1.33 bits per heavy atom. The minimum atomic E-state index is 0.000833. The third-order valence-corrected chi connectivity index (χ3v) is 3.07. The molecule has 80 valence electrons. The van der Waals surface area contributed by atoms with E-state index in [0.717, 1.165) is 23.3 Å². The van der Waals surface area contributed by atoms with Crippen LogP contribution in [0.5, 0.6) is 0 Å². The van der Waals surface area contributed by atoms with Gasteiger partial charge in [-0.2, -0.15) is 0 Å². The zero-order valence-electron chi connectivity index (χ0n) is 9.64. The van der Waals surface area contributed by atoms with Crippen LogP contribution in [0.1, 0.15) is 29.6 Å². The Balaban J connectivity index is 3.04. The zero-order valence-corrected chi connectivity index (χ0v) is 9.64. The van der Waals surface area contributed by atoms with Crippen LogP contribution < -0.4 is 5.56 Å². The summed E-state index contributed by atoms with van der Waals surface area (Å²) in [5.41, 5.74) is 5.24. The number of hydrogen-bond donors (Lipinski definition) is 1. The Morgan fingerprint density at radius 2 is 2.00 bits per heavy atom. The first-order valence-corrected chi connectivity index (χ1v) is 5.26. The number of fused-ring (bicyclic) bond motifs is 1. The van der Waals surface area contributed by atoms with Gasteiger partial charge in [0, 0.05) is 17.1 Å². The van der Waals surface area contributed by atoms with Gasteiger partial charge in [-0.15, -0.1) is 0 Å². The molecule has 0 radical (unpaired) electrons. The SMILES string of the molecule is CCc1c(C)cc2c(=O)[nH]c(C)c(C)n12. The lowest BCUT2D eigenvalue weighted by molar-refractivity contribution is 0.905. The maximum absolute atomic E-state index is 11.8. The lowest BCUT2D eigenvalue weighted by Crippen LogP contribution is -2.14. The quantitative estimate of drug-likeness (QED) is 0.759. The van der Waals surface area contributed by atoms with Crippen LogP contribution in [0.15, 0.2) is 10.9 Å². The molecule has 0 aromatic carbocycles. The molecule has 2 aromatic rings. The van der Waals surface area contributed by atoms with Crippen LogP contribution in [-0.4, -0.2) is 9.38 Å². The highest BCUT2D eigenvalue weighted by atomic mass is 16.1. The molecule has 0 amide bonds. The molecular weight excluding hydrogens is 188 g/mol. The topological polar surface area (TPSA) is 37.3 Å². The molecule has 2 rings (SSSR count). The molecule has 0 spiro atoms. The second-order valence-electron chi connectivity index (χ2n) is 4.01. The first kappa shape index (κ1) is 10.0. The highest BCUT2D eigenvalue weighted by Crippen LogP contribution is 2.16. The standard InChI is InChI=1S/C12H16N2O/c1-5-10-7(2)6-11-12(15)13-8(3)9(4)14(10)11/h6H,5H2,1-4H3,(H,13,15). The van der Waals surface area contributed by atoms with Crippen LogP contribution in [0.25, 0.3) is 5.52 Å². The summed E-state index contributed by atoms with van der Waals surface area (Å²) in [4.78, 5) is 14.6. The summed E-state index contributed by atoms with van der Waals surface area (Å²) in [6, 6.07) is 1.96. The van der Waals surface area contributed by atoms with Crippen LogP contribution >= 0.6 is 0 Å². The van der Waals surface area contributed by atoms with Gasteiger partial charge < -0.3 is 9.38 Å². The Morgan fingerprint density at radius 3 is 2.60 bits per heavy atom. The fourth-order valence-corrected chi connectivity index (χ4v) is 2.15. The molecule has 0 atom stereocenters. The summed E-state index contributed by atoms with van der Waals surface area (Å²) in [5.74, 6) is 0. The van der Waals surface area contributed by atoms with Gasteiger partial charge in [-0.1, -0.05) is 6.92 Å².